The molecule has 1 amide bonds. The molecule has 0 radical (unpaired) electrons. The Morgan fingerprint density at radius 3 is 2.76 bits per heavy atom. The predicted molar refractivity (Wildman–Crippen MR) is 133 cm³/mol. The number of fused-ring (bicyclic) bond motifs is 1. The highest BCUT2D eigenvalue weighted by Crippen LogP contribution is 2.32. The van der Waals surface area contributed by atoms with Gasteiger partial charge in [-0.2, -0.15) is 0 Å². The van der Waals surface area contributed by atoms with E-state index in [4.69, 9.17) is 11.6 Å². The summed E-state index contributed by atoms with van der Waals surface area (Å²) in [6.45, 7) is 7.32. The number of carbonyl (C=O) groups excluding carboxylic acids is 1. The number of sulfonamides is 1. The van der Waals surface area contributed by atoms with Gasteiger partial charge in [0.1, 0.15) is 0 Å². The number of amides is 1. The molecule has 4 rings (SSSR count). The number of nitrogens with one attached hydrogen (secondary N) is 1. The topological polar surface area (TPSA) is 69.7 Å². The summed E-state index contributed by atoms with van der Waals surface area (Å²) in [4.78, 5) is 15.4. The largest absolute Gasteiger partial charge is 0.350 e. The molecule has 1 fully saturated rings. The van der Waals surface area contributed by atoms with E-state index in [1.54, 1.807) is 0 Å². The first-order valence-electron chi connectivity index (χ1n) is 11.7. The lowest BCUT2D eigenvalue weighted by Gasteiger charge is -2.35. The summed E-state index contributed by atoms with van der Waals surface area (Å²) < 4.78 is 28.4. The first kappa shape index (κ1) is 24.0. The molecule has 1 N–H and O–H groups in total. The Balaban J connectivity index is 1.51. The van der Waals surface area contributed by atoms with Crippen LogP contribution in [0.3, 0.4) is 0 Å². The molecule has 2 aliphatic heterocycles. The number of piperidine rings is 1. The average molecular weight is 490 g/mol. The highest BCUT2D eigenvalue weighted by molar-refractivity contribution is 7.92. The van der Waals surface area contributed by atoms with Crippen molar-refractivity contribution in [3.8, 4) is 0 Å². The lowest BCUT2D eigenvalue weighted by molar-refractivity contribution is 0.0917. The Labute approximate surface area is 202 Å². The van der Waals surface area contributed by atoms with Crippen LogP contribution in [-0.2, 0) is 16.4 Å². The van der Waals surface area contributed by atoms with E-state index in [2.05, 4.69) is 24.1 Å². The number of para-hydroxylation sites is 1. The van der Waals surface area contributed by atoms with Crippen LogP contribution in [0, 0.1) is 5.92 Å². The Bertz CT molecular complexity index is 1120. The minimum atomic E-state index is -3.82. The molecule has 2 unspecified atom stereocenters. The molecule has 0 aromatic heterocycles. The van der Waals surface area contributed by atoms with Crippen molar-refractivity contribution in [1.29, 1.82) is 0 Å². The van der Waals surface area contributed by atoms with E-state index in [0.717, 1.165) is 31.5 Å². The molecule has 178 valence electrons. The van der Waals surface area contributed by atoms with Gasteiger partial charge in [-0.05, 0) is 74.9 Å². The lowest BCUT2D eigenvalue weighted by Crippen LogP contribution is -2.46. The minimum absolute atomic E-state index is 0.0756. The number of likely N-dealkylation sites (tertiary alicyclic amines) is 1. The van der Waals surface area contributed by atoms with E-state index in [1.807, 2.05) is 24.3 Å². The smallest absolute Gasteiger partial charge is 0.264 e. The van der Waals surface area contributed by atoms with Crippen LogP contribution in [0.15, 0.2) is 47.4 Å². The average Bonchev–Trinajstić information content (AvgIpc) is 2.82. The van der Waals surface area contributed by atoms with Gasteiger partial charge in [-0.1, -0.05) is 36.7 Å². The Morgan fingerprint density at radius 2 is 1.97 bits per heavy atom. The normalized spacial score (nSPS) is 20.2. The molecule has 0 aliphatic carbocycles. The van der Waals surface area contributed by atoms with Gasteiger partial charge in [0.05, 0.1) is 21.2 Å². The van der Waals surface area contributed by atoms with E-state index >= 15 is 0 Å². The number of anilines is 1. The molecule has 2 atom stereocenters. The summed E-state index contributed by atoms with van der Waals surface area (Å²) in [6.07, 6.45) is 4.02. The zero-order valence-corrected chi connectivity index (χ0v) is 20.8. The molecule has 0 bridgehead atoms. The van der Waals surface area contributed by atoms with Crippen molar-refractivity contribution < 1.29 is 13.2 Å². The quantitative estimate of drug-likeness (QED) is 0.655. The third-order valence-electron chi connectivity index (χ3n) is 6.71. The highest BCUT2D eigenvalue weighted by Gasteiger charge is 2.30. The van der Waals surface area contributed by atoms with Crippen molar-refractivity contribution in [3.63, 3.8) is 0 Å². The number of rotatable bonds is 6. The maximum absolute atomic E-state index is 13.5. The van der Waals surface area contributed by atoms with Crippen molar-refractivity contribution in [2.75, 3.05) is 30.5 Å². The van der Waals surface area contributed by atoms with Crippen molar-refractivity contribution in [2.45, 2.75) is 50.5 Å². The zero-order valence-electron chi connectivity index (χ0n) is 19.3. The monoisotopic (exact) mass is 489 g/mol. The Kier molecular flexibility index (Phi) is 7.31. The van der Waals surface area contributed by atoms with E-state index in [1.165, 1.54) is 35.3 Å². The van der Waals surface area contributed by atoms with Gasteiger partial charge in [0.2, 0.25) is 0 Å². The minimum Gasteiger partial charge on any atom is -0.350 e. The number of benzene rings is 2. The number of halogens is 1. The molecule has 0 spiro atoms. The molecule has 2 aromatic rings. The summed E-state index contributed by atoms with van der Waals surface area (Å²) >= 11 is 6.31. The number of aryl methyl sites for hydroxylation is 1. The van der Waals surface area contributed by atoms with Gasteiger partial charge in [0.25, 0.3) is 15.9 Å². The van der Waals surface area contributed by atoms with Gasteiger partial charge in [0, 0.05) is 25.7 Å². The lowest BCUT2D eigenvalue weighted by atomic mass is 9.99. The highest BCUT2D eigenvalue weighted by atomic mass is 35.5. The molecule has 6 nitrogen and oxygen atoms in total. The first-order chi connectivity index (χ1) is 15.8. The van der Waals surface area contributed by atoms with Crippen LogP contribution in [0.2, 0.25) is 5.02 Å². The third-order valence-corrected chi connectivity index (χ3v) is 8.85. The number of nitrogens with zero attached hydrogens (tertiary/aromatic N) is 2. The van der Waals surface area contributed by atoms with Crippen LogP contribution in [-0.4, -0.2) is 51.4 Å². The van der Waals surface area contributed by atoms with Crippen LogP contribution in [0.5, 0.6) is 0 Å². The molecule has 8 heteroatoms. The van der Waals surface area contributed by atoms with E-state index in [9.17, 15) is 13.2 Å². The van der Waals surface area contributed by atoms with E-state index in [-0.39, 0.29) is 27.4 Å². The maximum Gasteiger partial charge on any atom is 0.264 e. The fraction of sp³-hybridized carbons (Fsp3) is 0.480. The zero-order chi connectivity index (χ0) is 23.6. The van der Waals surface area contributed by atoms with Gasteiger partial charge in [-0.3, -0.25) is 14.0 Å². The summed E-state index contributed by atoms with van der Waals surface area (Å²) in [7, 11) is -3.82. The molecular formula is C25H32ClN3O3S. The van der Waals surface area contributed by atoms with Gasteiger partial charge in [-0.15, -0.1) is 0 Å². The molecule has 2 heterocycles. The summed E-state index contributed by atoms with van der Waals surface area (Å²) in [5.74, 6) is 0.307. The fourth-order valence-electron chi connectivity index (χ4n) is 4.81. The Morgan fingerprint density at radius 1 is 1.18 bits per heavy atom. The second-order valence-corrected chi connectivity index (χ2v) is 11.5. The van der Waals surface area contributed by atoms with Crippen molar-refractivity contribution in [3.05, 3.63) is 58.6 Å². The molecular weight excluding hydrogens is 458 g/mol. The van der Waals surface area contributed by atoms with Crippen LogP contribution in [0.1, 0.15) is 49.0 Å². The van der Waals surface area contributed by atoms with Crippen molar-refractivity contribution in [2.24, 2.45) is 5.92 Å². The number of hydrogen-bond acceptors (Lipinski definition) is 4. The summed E-state index contributed by atoms with van der Waals surface area (Å²) in [5, 5.41) is 3.19. The van der Waals surface area contributed by atoms with Crippen LogP contribution in [0.25, 0.3) is 0 Å². The standard InChI is InChI=1S/C25H32ClN3O3S/c1-18-7-5-13-28(17-18)19(2)16-27-25(30)22-15-21(11-12-23(22)26)33(31,32)29-14-6-9-20-8-3-4-10-24(20)29/h3-4,8,10-12,15,18-19H,5-7,9,13-14,16-17H2,1-2H3,(H,27,30). The van der Waals surface area contributed by atoms with Gasteiger partial charge in [-0.25, -0.2) is 8.42 Å². The van der Waals surface area contributed by atoms with Crippen LogP contribution >= 0.6 is 11.6 Å². The van der Waals surface area contributed by atoms with Crippen molar-refractivity contribution in [1.82, 2.24) is 10.2 Å². The Hall–Kier alpha value is -2.09. The number of carbonyl (C=O) groups is 1. The second-order valence-electron chi connectivity index (χ2n) is 9.25. The van der Waals surface area contributed by atoms with Gasteiger partial charge < -0.3 is 5.32 Å². The van der Waals surface area contributed by atoms with Crippen molar-refractivity contribution >= 4 is 33.2 Å². The fourth-order valence-corrected chi connectivity index (χ4v) is 6.58. The van der Waals surface area contributed by atoms with Gasteiger partial charge >= 0.3 is 0 Å². The summed E-state index contributed by atoms with van der Waals surface area (Å²) in [6, 6.07) is 12.1. The van der Waals surface area contributed by atoms with Crippen LogP contribution in [0.4, 0.5) is 5.69 Å². The molecule has 2 aliphatic rings. The summed E-state index contributed by atoms with van der Waals surface area (Å²) in [5.41, 5.74) is 1.90. The first-order valence-corrected chi connectivity index (χ1v) is 13.5. The number of hydrogen-bond donors (Lipinski definition) is 1. The molecule has 33 heavy (non-hydrogen) atoms. The maximum atomic E-state index is 13.5. The predicted octanol–water partition coefficient (Wildman–Crippen LogP) is 4.33. The molecule has 0 saturated carbocycles. The SMILES string of the molecule is CC1CCCN(C(C)CNC(=O)c2cc(S(=O)(=O)N3CCCc4ccccc43)ccc2Cl)C1. The molecule has 2 aromatic carbocycles. The van der Waals surface area contributed by atoms with Gasteiger partial charge in [0.15, 0.2) is 0 Å². The van der Waals surface area contributed by atoms with Crippen LogP contribution < -0.4 is 9.62 Å². The van der Waals surface area contributed by atoms with E-state index < -0.39 is 10.0 Å². The third kappa shape index (κ3) is 5.20. The van der Waals surface area contributed by atoms with E-state index in [0.29, 0.717) is 24.7 Å². The second kappa shape index (κ2) is 10.0. The molecule has 1 saturated heterocycles.